The summed E-state index contributed by atoms with van der Waals surface area (Å²) >= 11 is 1.11. The van der Waals surface area contributed by atoms with E-state index in [9.17, 15) is 9.59 Å². The van der Waals surface area contributed by atoms with E-state index >= 15 is 0 Å². The van der Waals surface area contributed by atoms with Crippen LogP contribution in [-0.2, 0) is 20.9 Å². The number of anilines is 1. The molecule has 0 aliphatic heterocycles. The number of hydrogen-bond donors (Lipinski definition) is 1. The Morgan fingerprint density at radius 1 is 1.40 bits per heavy atom. The zero-order valence-corrected chi connectivity index (χ0v) is 14.1. The number of hydrogen-bond acceptors (Lipinski definition) is 10. The Morgan fingerprint density at radius 3 is 2.96 bits per heavy atom. The van der Waals surface area contributed by atoms with Crippen molar-refractivity contribution >= 4 is 39.1 Å². The van der Waals surface area contributed by atoms with Crippen LogP contribution >= 0.6 is 11.3 Å². The summed E-state index contributed by atoms with van der Waals surface area (Å²) in [6.07, 6.45) is 2.88. The molecule has 130 valence electrons. The number of nitrogens with one attached hydrogen (secondary N) is 1. The van der Waals surface area contributed by atoms with Crippen LogP contribution in [-0.4, -0.2) is 45.7 Å². The molecule has 11 heteroatoms. The highest BCUT2D eigenvalue weighted by atomic mass is 32.1. The standard InChI is InChI=1S/C14H13N5O5S/c1-7-17-10(24-19-7)5-23-4-9(20)18-11-8-3-15-6-16-13(8)25-12(11)14(21)22-2/h3,6H,4-5H2,1-2H3,(H,18,20). The summed E-state index contributed by atoms with van der Waals surface area (Å²) in [5.74, 6) is -0.268. The second-order valence-electron chi connectivity index (χ2n) is 4.82. The van der Waals surface area contributed by atoms with Crippen LogP contribution in [0.4, 0.5) is 5.69 Å². The Bertz CT molecular complexity index is 921. The number of aryl methyl sites for hydroxylation is 1. The fourth-order valence-electron chi connectivity index (χ4n) is 2.01. The molecule has 3 heterocycles. The van der Waals surface area contributed by atoms with Crippen molar-refractivity contribution in [2.24, 2.45) is 0 Å². The average Bonchev–Trinajstić information content (AvgIpc) is 3.18. The van der Waals surface area contributed by atoms with Gasteiger partial charge in [-0.3, -0.25) is 4.79 Å². The number of rotatable bonds is 6. The van der Waals surface area contributed by atoms with E-state index in [1.807, 2.05) is 0 Å². The third-order valence-corrected chi connectivity index (χ3v) is 4.13. The second kappa shape index (κ2) is 7.32. The van der Waals surface area contributed by atoms with Gasteiger partial charge in [-0.2, -0.15) is 4.98 Å². The molecule has 0 saturated heterocycles. The summed E-state index contributed by atoms with van der Waals surface area (Å²) in [5.41, 5.74) is 0.301. The molecule has 1 N–H and O–H groups in total. The number of esters is 1. The van der Waals surface area contributed by atoms with E-state index in [2.05, 4.69) is 25.4 Å². The van der Waals surface area contributed by atoms with E-state index in [4.69, 9.17) is 14.0 Å². The van der Waals surface area contributed by atoms with Crippen molar-refractivity contribution in [2.75, 3.05) is 19.0 Å². The normalized spacial score (nSPS) is 10.8. The summed E-state index contributed by atoms with van der Waals surface area (Å²) < 4.78 is 14.9. The monoisotopic (exact) mass is 363 g/mol. The summed E-state index contributed by atoms with van der Waals surface area (Å²) in [6, 6.07) is 0. The van der Waals surface area contributed by atoms with Gasteiger partial charge in [0.25, 0.3) is 5.89 Å². The van der Waals surface area contributed by atoms with Gasteiger partial charge in [-0.1, -0.05) is 5.16 Å². The molecule has 3 aromatic heterocycles. The molecule has 0 aromatic carbocycles. The highest BCUT2D eigenvalue weighted by Gasteiger charge is 2.21. The van der Waals surface area contributed by atoms with Crippen LogP contribution in [0.5, 0.6) is 0 Å². The van der Waals surface area contributed by atoms with Gasteiger partial charge in [-0.15, -0.1) is 11.3 Å². The Morgan fingerprint density at radius 2 is 2.24 bits per heavy atom. The van der Waals surface area contributed by atoms with E-state index < -0.39 is 11.9 Å². The van der Waals surface area contributed by atoms with Crippen LogP contribution in [0.25, 0.3) is 10.2 Å². The maximum absolute atomic E-state index is 12.1. The number of nitrogens with zero attached hydrogens (tertiary/aromatic N) is 4. The topological polar surface area (TPSA) is 129 Å². The molecule has 0 aliphatic rings. The van der Waals surface area contributed by atoms with Gasteiger partial charge < -0.3 is 19.3 Å². The van der Waals surface area contributed by atoms with Crippen LogP contribution in [0.2, 0.25) is 0 Å². The van der Waals surface area contributed by atoms with Crippen LogP contribution in [0.15, 0.2) is 17.0 Å². The first-order valence-electron chi connectivity index (χ1n) is 7.06. The van der Waals surface area contributed by atoms with E-state index in [-0.39, 0.29) is 24.0 Å². The van der Waals surface area contributed by atoms with Crippen LogP contribution < -0.4 is 5.32 Å². The van der Waals surface area contributed by atoms with Crippen LogP contribution in [0.1, 0.15) is 21.4 Å². The van der Waals surface area contributed by atoms with Gasteiger partial charge in [0.15, 0.2) is 5.82 Å². The van der Waals surface area contributed by atoms with Crippen molar-refractivity contribution < 1.29 is 23.6 Å². The van der Waals surface area contributed by atoms with Gasteiger partial charge in [0, 0.05) is 6.20 Å². The molecule has 0 saturated carbocycles. The molecule has 0 aliphatic carbocycles. The molecule has 0 bridgehead atoms. The number of fused-ring (bicyclic) bond motifs is 1. The van der Waals surface area contributed by atoms with Crippen molar-refractivity contribution in [1.82, 2.24) is 20.1 Å². The average molecular weight is 363 g/mol. The summed E-state index contributed by atoms with van der Waals surface area (Å²) in [5, 5.41) is 6.81. The predicted octanol–water partition coefficient (Wildman–Crippen LogP) is 1.32. The highest BCUT2D eigenvalue weighted by Crippen LogP contribution is 2.34. The Hall–Kier alpha value is -2.92. The lowest BCUT2D eigenvalue weighted by Crippen LogP contribution is -2.19. The fraction of sp³-hybridized carbons (Fsp3) is 0.286. The minimum absolute atomic E-state index is 0.00557. The lowest BCUT2D eigenvalue weighted by atomic mass is 10.3. The SMILES string of the molecule is COC(=O)c1sc2ncncc2c1NC(=O)COCc1nc(C)no1. The molecule has 0 spiro atoms. The molecule has 25 heavy (non-hydrogen) atoms. The molecule has 0 fully saturated rings. The van der Waals surface area contributed by atoms with Crippen molar-refractivity contribution in [2.45, 2.75) is 13.5 Å². The first-order chi connectivity index (χ1) is 12.1. The summed E-state index contributed by atoms with van der Waals surface area (Å²) in [4.78, 5) is 36.8. The molecule has 1 amide bonds. The molecule has 0 radical (unpaired) electrons. The number of amides is 1. The Kier molecular flexibility index (Phi) is 4.95. The lowest BCUT2D eigenvalue weighted by molar-refractivity contribution is -0.121. The second-order valence-corrected chi connectivity index (χ2v) is 5.81. The molecular formula is C14H13N5O5S. The first kappa shape index (κ1) is 16.9. The number of methoxy groups -OCH3 is 1. The Balaban J connectivity index is 1.70. The van der Waals surface area contributed by atoms with Crippen LogP contribution in [0, 0.1) is 6.92 Å². The smallest absolute Gasteiger partial charge is 0.350 e. The van der Waals surface area contributed by atoms with Gasteiger partial charge in [-0.05, 0) is 6.92 Å². The molecular weight excluding hydrogens is 350 g/mol. The number of carbonyl (C=O) groups is 2. The minimum Gasteiger partial charge on any atom is -0.465 e. The van der Waals surface area contributed by atoms with Gasteiger partial charge in [-0.25, -0.2) is 14.8 Å². The van der Waals surface area contributed by atoms with Gasteiger partial charge in [0.1, 0.15) is 29.2 Å². The first-order valence-corrected chi connectivity index (χ1v) is 7.87. The van der Waals surface area contributed by atoms with Gasteiger partial charge in [0.05, 0.1) is 18.2 Å². The number of ether oxygens (including phenoxy) is 2. The Labute approximate surface area is 145 Å². The molecule has 0 unspecified atom stereocenters. The van der Waals surface area contributed by atoms with E-state index in [1.165, 1.54) is 19.6 Å². The van der Waals surface area contributed by atoms with E-state index in [1.54, 1.807) is 6.92 Å². The number of thiophene rings is 1. The zero-order chi connectivity index (χ0) is 17.8. The van der Waals surface area contributed by atoms with Crippen molar-refractivity contribution in [1.29, 1.82) is 0 Å². The fourth-order valence-corrected chi connectivity index (χ4v) is 2.99. The number of carbonyl (C=O) groups excluding carboxylic acids is 2. The molecule has 0 atom stereocenters. The van der Waals surface area contributed by atoms with Gasteiger partial charge in [0.2, 0.25) is 5.91 Å². The minimum atomic E-state index is -0.569. The van der Waals surface area contributed by atoms with Crippen molar-refractivity contribution in [3.63, 3.8) is 0 Å². The molecule has 10 nitrogen and oxygen atoms in total. The molecule has 3 aromatic rings. The maximum Gasteiger partial charge on any atom is 0.350 e. The zero-order valence-electron chi connectivity index (χ0n) is 13.3. The predicted molar refractivity (Wildman–Crippen MR) is 86.1 cm³/mol. The lowest BCUT2D eigenvalue weighted by Gasteiger charge is -2.06. The van der Waals surface area contributed by atoms with Crippen molar-refractivity contribution in [3.05, 3.63) is 29.1 Å². The maximum atomic E-state index is 12.1. The third-order valence-electron chi connectivity index (χ3n) is 3.03. The highest BCUT2D eigenvalue weighted by molar-refractivity contribution is 7.21. The van der Waals surface area contributed by atoms with E-state index in [0.717, 1.165) is 11.3 Å². The summed E-state index contributed by atoms with van der Waals surface area (Å²) in [7, 11) is 1.26. The van der Waals surface area contributed by atoms with Crippen molar-refractivity contribution in [3.8, 4) is 0 Å². The largest absolute Gasteiger partial charge is 0.465 e. The van der Waals surface area contributed by atoms with E-state index in [0.29, 0.717) is 21.7 Å². The summed E-state index contributed by atoms with van der Waals surface area (Å²) in [6.45, 7) is 1.43. The quantitative estimate of drug-likeness (QED) is 0.644. The third kappa shape index (κ3) is 3.78. The molecule has 3 rings (SSSR count). The van der Waals surface area contributed by atoms with Gasteiger partial charge >= 0.3 is 5.97 Å². The van der Waals surface area contributed by atoms with Crippen LogP contribution in [0.3, 0.4) is 0 Å². The number of aromatic nitrogens is 4.